The zero-order valence-corrected chi connectivity index (χ0v) is 8.94. The van der Waals surface area contributed by atoms with Crippen molar-refractivity contribution in [2.75, 3.05) is 5.32 Å². The summed E-state index contributed by atoms with van der Waals surface area (Å²) >= 11 is 0. The standard InChI is InChI=1S/C12H12N4/c1-9-14-7-11(8-15-9)16-12(13)10-5-3-2-4-6-10/h2-8H,1H3,(H2,13,16). The number of hydrogen-bond acceptors (Lipinski definition) is 3. The first-order valence-corrected chi connectivity index (χ1v) is 4.95. The van der Waals surface area contributed by atoms with E-state index in [1.54, 1.807) is 12.4 Å². The molecule has 2 rings (SSSR count). The average molecular weight is 212 g/mol. The molecule has 0 aliphatic carbocycles. The predicted molar refractivity (Wildman–Crippen MR) is 63.7 cm³/mol. The molecule has 1 aromatic carbocycles. The Balaban J connectivity index is 2.11. The minimum Gasteiger partial charge on any atom is -0.338 e. The van der Waals surface area contributed by atoms with E-state index >= 15 is 0 Å². The minimum absolute atomic E-state index is 0.341. The smallest absolute Gasteiger partial charge is 0.129 e. The molecule has 0 radical (unpaired) electrons. The third-order valence-corrected chi connectivity index (χ3v) is 2.11. The van der Waals surface area contributed by atoms with Crippen molar-refractivity contribution in [3.05, 3.63) is 54.1 Å². The number of nitrogens with one attached hydrogen (secondary N) is 2. The monoisotopic (exact) mass is 212 g/mol. The quantitative estimate of drug-likeness (QED) is 0.592. The molecule has 0 aliphatic heterocycles. The van der Waals surface area contributed by atoms with E-state index in [1.807, 2.05) is 37.3 Å². The summed E-state index contributed by atoms with van der Waals surface area (Å²) in [5.41, 5.74) is 1.56. The molecular weight excluding hydrogens is 200 g/mol. The Morgan fingerprint density at radius 3 is 2.38 bits per heavy atom. The minimum atomic E-state index is 0.341. The van der Waals surface area contributed by atoms with Crippen LogP contribution in [0.1, 0.15) is 11.4 Å². The second-order valence-electron chi connectivity index (χ2n) is 3.38. The van der Waals surface area contributed by atoms with Gasteiger partial charge in [0, 0.05) is 5.56 Å². The van der Waals surface area contributed by atoms with Crippen LogP contribution in [0.4, 0.5) is 5.69 Å². The fourth-order valence-electron chi connectivity index (χ4n) is 1.28. The van der Waals surface area contributed by atoms with Crippen LogP contribution in [0, 0.1) is 12.3 Å². The molecular formula is C12H12N4. The maximum atomic E-state index is 7.85. The first-order chi connectivity index (χ1) is 7.75. The van der Waals surface area contributed by atoms with Gasteiger partial charge in [0.2, 0.25) is 0 Å². The summed E-state index contributed by atoms with van der Waals surface area (Å²) in [5, 5.41) is 10.8. The Kier molecular flexibility index (Phi) is 2.91. The van der Waals surface area contributed by atoms with E-state index in [4.69, 9.17) is 5.41 Å². The number of benzene rings is 1. The number of rotatable bonds is 2. The number of amidine groups is 1. The summed E-state index contributed by atoms with van der Waals surface area (Å²) in [6.45, 7) is 1.83. The second kappa shape index (κ2) is 4.53. The third kappa shape index (κ3) is 2.42. The molecule has 0 atom stereocenters. The maximum Gasteiger partial charge on any atom is 0.129 e. The largest absolute Gasteiger partial charge is 0.338 e. The van der Waals surface area contributed by atoms with E-state index in [-0.39, 0.29) is 0 Å². The lowest BCUT2D eigenvalue weighted by atomic mass is 10.2. The Morgan fingerprint density at radius 1 is 1.12 bits per heavy atom. The highest BCUT2D eigenvalue weighted by Crippen LogP contribution is 2.06. The molecule has 0 fully saturated rings. The van der Waals surface area contributed by atoms with Gasteiger partial charge in [-0.2, -0.15) is 0 Å². The van der Waals surface area contributed by atoms with Crippen LogP contribution in [-0.2, 0) is 0 Å². The fourth-order valence-corrected chi connectivity index (χ4v) is 1.28. The molecule has 2 N–H and O–H groups in total. The zero-order chi connectivity index (χ0) is 11.4. The molecule has 0 bridgehead atoms. The predicted octanol–water partition coefficient (Wildman–Crippen LogP) is 2.22. The summed E-state index contributed by atoms with van der Waals surface area (Å²) in [6.07, 6.45) is 3.33. The van der Waals surface area contributed by atoms with Gasteiger partial charge < -0.3 is 5.32 Å². The first-order valence-electron chi connectivity index (χ1n) is 4.95. The van der Waals surface area contributed by atoms with E-state index in [0.717, 1.165) is 17.1 Å². The van der Waals surface area contributed by atoms with E-state index in [1.165, 1.54) is 0 Å². The summed E-state index contributed by atoms with van der Waals surface area (Å²) in [4.78, 5) is 8.11. The van der Waals surface area contributed by atoms with Crippen LogP contribution in [-0.4, -0.2) is 15.8 Å². The van der Waals surface area contributed by atoms with Gasteiger partial charge in [-0.3, -0.25) is 5.41 Å². The Bertz CT molecular complexity index is 476. The molecule has 4 heteroatoms. The molecule has 1 heterocycles. The van der Waals surface area contributed by atoms with Crippen LogP contribution in [0.2, 0.25) is 0 Å². The highest BCUT2D eigenvalue weighted by atomic mass is 15.0. The van der Waals surface area contributed by atoms with Crippen molar-refractivity contribution in [1.29, 1.82) is 5.41 Å². The van der Waals surface area contributed by atoms with Gasteiger partial charge in [-0.1, -0.05) is 30.3 Å². The van der Waals surface area contributed by atoms with Gasteiger partial charge in [0.1, 0.15) is 11.7 Å². The molecule has 0 aliphatic rings. The molecule has 0 spiro atoms. The van der Waals surface area contributed by atoms with Gasteiger partial charge in [-0.15, -0.1) is 0 Å². The molecule has 0 saturated heterocycles. The summed E-state index contributed by atoms with van der Waals surface area (Å²) in [7, 11) is 0. The lowest BCUT2D eigenvalue weighted by molar-refractivity contribution is 1.06. The molecule has 0 unspecified atom stereocenters. The Morgan fingerprint density at radius 2 is 1.75 bits per heavy atom. The van der Waals surface area contributed by atoms with Crippen molar-refractivity contribution in [3.8, 4) is 0 Å². The SMILES string of the molecule is Cc1ncc(NC(=N)c2ccccc2)cn1. The van der Waals surface area contributed by atoms with Gasteiger partial charge in [-0.05, 0) is 6.92 Å². The molecule has 80 valence electrons. The summed E-state index contributed by atoms with van der Waals surface area (Å²) in [6, 6.07) is 9.48. The van der Waals surface area contributed by atoms with Gasteiger partial charge in [0.15, 0.2) is 0 Å². The number of anilines is 1. The first kappa shape index (κ1) is 10.3. The van der Waals surface area contributed by atoms with Crippen LogP contribution in [0.3, 0.4) is 0 Å². The van der Waals surface area contributed by atoms with E-state index < -0.39 is 0 Å². The highest BCUT2D eigenvalue weighted by molar-refractivity contribution is 6.05. The van der Waals surface area contributed by atoms with Gasteiger partial charge >= 0.3 is 0 Å². The van der Waals surface area contributed by atoms with Crippen LogP contribution in [0.25, 0.3) is 0 Å². The van der Waals surface area contributed by atoms with Crippen LogP contribution in [0.5, 0.6) is 0 Å². The lowest BCUT2D eigenvalue weighted by Gasteiger charge is -2.06. The van der Waals surface area contributed by atoms with Crippen molar-refractivity contribution in [3.63, 3.8) is 0 Å². The van der Waals surface area contributed by atoms with Gasteiger partial charge in [0.05, 0.1) is 18.1 Å². The van der Waals surface area contributed by atoms with E-state index in [9.17, 15) is 0 Å². The van der Waals surface area contributed by atoms with E-state index in [0.29, 0.717) is 5.84 Å². The Labute approximate surface area is 93.9 Å². The van der Waals surface area contributed by atoms with Crippen molar-refractivity contribution >= 4 is 11.5 Å². The second-order valence-corrected chi connectivity index (χ2v) is 3.38. The topological polar surface area (TPSA) is 61.7 Å². The molecule has 1 aromatic heterocycles. The lowest BCUT2D eigenvalue weighted by Crippen LogP contribution is -2.12. The maximum absolute atomic E-state index is 7.85. The molecule has 0 saturated carbocycles. The molecule has 0 amide bonds. The summed E-state index contributed by atoms with van der Waals surface area (Å²) < 4.78 is 0. The van der Waals surface area contributed by atoms with Gasteiger partial charge in [-0.25, -0.2) is 9.97 Å². The number of aryl methyl sites for hydroxylation is 1. The van der Waals surface area contributed by atoms with Crippen LogP contribution in [0.15, 0.2) is 42.7 Å². The fraction of sp³-hybridized carbons (Fsp3) is 0.0833. The number of hydrogen-bond donors (Lipinski definition) is 2. The third-order valence-electron chi connectivity index (χ3n) is 2.11. The normalized spacial score (nSPS) is 9.81. The number of nitrogens with zero attached hydrogens (tertiary/aromatic N) is 2. The van der Waals surface area contributed by atoms with Crippen molar-refractivity contribution < 1.29 is 0 Å². The van der Waals surface area contributed by atoms with Gasteiger partial charge in [0.25, 0.3) is 0 Å². The van der Waals surface area contributed by atoms with Crippen LogP contribution >= 0.6 is 0 Å². The van der Waals surface area contributed by atoms with E-state index in [2.05, 4.69) is 15.3 Å². The zero-order valence-electron chi connectivity index (χ0n) is 8.94. The average Bonchev–Trinajstić information content (AvgIpc) is 2.33. The Hall–Kier alpha value is -2.23. The van der Waals surface area contributed by atoms with Crippen molar-refractivity contribution in [1.82, 2.24) is 9.97 Å². The van der Waals surface area contributed by atoms with Crippen molar-refractivity contribution in [2.24, 2.45) is 0 Å². The molecule has 2 aromatic rings. The molecule has 16 heavy (non-hydrogen) atoms. The van der Waals surface area contributed by atoms with Crippen LogP contribution < -0.4 is 5.32 Å². The highest BCUT2D eigenvalue weighted by Gasteiger charge is 2.01. The molecule has 4 nitrogen and oxygen atoms in total. The van der Waals surface area contributed by atoms with Crippen molar-refractivity contribution in [2.45, 2.75) is 6.92 Å². The number of aromatic nitrogens is 2. The summed E-state index contributed by atoms with van der Waals surface area (Å²) in [5.74, 6) is 1.06.